The van der Waals surface area contributed by atoms with Crippen LogP contribution in [0.4, 0.5) is 0 Å². The van der Waals surface area contributed by atoms with E-state index < -0.39 is 0 Å². The highest BCUT2D eigenvalue weighted by atomic mass is 35.5. The molecule has 1 heterocycles. The number of nitrogens with two attached hydrogens (primary N) is 1. The Labute approximate surface area is 156 Å². The molecule has 0 saturated carbocycles. The van der Waals surface area contributed by atoms with Crippen LogP contribution in [0.25, 0.3) is 10.6 Å². The number of hydrogen-bond acceptors (Lipinski definition) is 4. The number of nitrogens with one attached hydrogen (secondary N) is 1. The molecular weight excluding hydrogens is 365 g/mol. The number of thiazole rings is 1. The van der Waals surface area contributed by atoms with E-state index in [2.05, 4.69) is 10.3 Å². The van der Waals surface area contributed by atoms with Gasteiger partial charge in [-0.3, -0.25) is 4.79 Å². The third kappa shape index (κ3) is 4.48. The second-order valence-electron chi connectivity index (χ2n) is 5.68. The largest absolute Gasteiger partial charge is 0.349 e. The van der Waals surface area contributed by atoms with Crippen LogP contribution < -0.4 is 11.1 Å². The summed E-state index contributed by atoms with van der Waals surface area (Å²) in [5.41, 5.74) is 7.02. The summed E-state index contributed by atoms with van der Waals surface area (Å²) in [6.07, 6.45) is 1.83. The zero-order chi connectivity index (χ0) is 17.7. The molecule has 1 aromatic carbocycles. The van der Waals surface area contributed by atoms with Gasteiger partial charge in [0.1, 0.15) is 5.01 Å². The maximum Gasteiger partial charge on any atom is 0.226 e. The van der Waals surface area contributed by atoms with Gasteiger partial charge in [-0.05, 0) is 31.0 Å². The Morgan fingerprint density at radius 2 is 2.04 bits per heavy atom. The third-order valence-electron chi connectivity index (χ3n) is 4.20. The number of hydrogen-bond donors (Lipinski definition) is 2. The van der Waals surface area contributed by atoms with Crippen LogP contribution in [-0.4, -0.2) is 23.0 Å². The molecule has 0 saturated heterocycles. The Morgan fingerprint density at radius 1 is 1.33 bits per heavy atom. The molecule has 1 aromatic heterocycles. The van der Waals surface area contributed by atoms with Crippen LogP contribution in [0.3, 0.4) is 0 Å². The minimum Gasteiger partial charge on any atom is -0.349 e. The van der Waals surface area contributed by atoms with Crippen molar-refractivity contribution in [2.24, 2.45) is 5.73 Å². The van der Waals surface area contributed by atoms with Crippen LogP contribution in [0.15, 0.2) is 23.6 Å². The van der Waals surface area contributed by atoms with Crippen LogP contribution in [0, 0.1) is 0 Å². The van der Waals surface area contributed by atoms with Gasteiger partial charge in [-0.2, -0.15) is 0 Å². The van der Waals surface area contributed by atoms with Crippen LogP contribution in [0.1, 0.15) is 32.4 Å². The van der Waals surface area contributed by atoms with Crippen molar-refractivity contribution in [3.63, 3.8) is 0 Å². The smallest absolute Gasteiger partial charge is 0.226 e. The van der Waals surface area contributed by atoms with Gasteiger partial charge in [0.15, 0.2) is 0 Å². The molecule has 0 fully saturated rings. The average molecular weight is 386 g/mol. The number of nitrogens with zero attached hydrogens (tertiary/aromatic N) is 1. The second kappa shape index (κ2) is 8.30. The van der Waals surface area contributed by atoms with Gasteiger partial charge >= 0.3 is 0 Å². The van der Waals surface area contributed by atoms with Gasteiger partial charge in [-0.1, -0.05) is 37.0 Å². The summed E-state index contributed by atoms with van der Waals surface area (Å²) in [5.74, 6) is -0.0665. The van der Waals surface area contributed by atoms with Gasteiger partial charge in [0.2, 0.25) is 5.91 Å². The predicted octanol–water partition coefficient (Wildman–Crippen LogP) is 4.29. The van der Waals surface area contributed by atoms with Crippen LogP contribution in [0.2, 0.25) is 10.0 Å². The summed E-state index contributed by atoms with van der Waals surface area (Å²) >= 11 is 13.6. The Bertz CT molecular complexity index is 705. The van der Waals surface area contributed by atoms with E-state index in [0.29, 0.717) is 16.6 Å². The van der Waals surface area contributed by atoms with E-state index in [1.54, 1.807) is 12.1 Å². The summed E-state index contributed by atoms with van der Waals surface area (Å²) in [5, 5.41) is 6.83. The normalized spacial score (nSPS) is 11.5. The number of halogens is 2. The van der Waals surface area contributed by atoms with Crippen molar-refractivity contribution in [1.82, 2.24) is 10.3 Å². The molecule has 3 N–H and O–H groups in total. The van der Waals surface area contributed by atoms with Crippen molar-refractivity contribution in [1.29, 1.82) is 0 Å². The highest BCUT2D eigenvalue weighted by molar-refractivity contribution is 7.13. The van der Waals surface area contributed by atoms with Gasteiger partial charge in [-0.25, -0.2) is 4.98 Å². The molecule has 0 aliphatic carbocycles. The van der Waals surface area contributed by atoms with Crippen molar-refractivity contribution in [2.75, 3.05) is 6.54 Å². The first-order chi connectivity index (χ1) is 11.4. The van der Waals surface area contributed by atoms with Gasteiger partial charge in [0.25, 0.3) is 0 Å². The number of carbonyl (C=O) groups excluding carboxylic acids is 1. The van der Waals surface area contributed by atoms with Crippen molar-refractivity contribution >= 4 is 40.4 Å². The predicted molar refractivity (Wildman–Crippen MR) is 102 cm³/mol. The monoisotopic (exact) mass is 385 g/mol. The van der Waals surface area contributed by atoms with Gasteiger partial charge in [0.05, 0.1) is 22.7 Å². The van der Waals surface area contributed by atoms with Crippen LogP contribution in [0.5, 0.6) is 0 Å². The molecule has 0 atom stereocenters. The van der Waals surface area contributed by atoms with Crippen molar-refractivity contribution in [3.8, 4) is 10.6 Å². The molecule has 0 bridgehead atoms. The molecule has 0 radical (unpaired) electrons. The highest BCUT2D eigenvalue weighted by Crippen LogP contribution is 2.32. The first-order valence-electron chi connectivity index (χ1n) is 7.84. The lowest BCUT2D eigenvalue weighted by Gasteiger charge is -2.31. The summed E-state index contributed by atoms with van der Waals surface area (Å²) in [7, 11) is 0. The highest BCUT2D eigenvalue weighted by Gasteiger charge is 2.26. The lowest BCUT2D eigenvalue weighted by molar-refractivity contribution is -0.122. The second-order valence-corrected chi connectivity index (χ2v) is 7.39. The number of rotatable bonds is 7. The van der Waals surface area contributed by atoms with E-state index >= 15 is 0 Å². The van der Waals surface area contributed by atoms with E-state index in [1.807, 2.05) is 25.3 Å². The van der Waals surface area contributed by atoms with E-state index in [1.165, 1.54) is 11.3 Å². The fraction of sp³-hybridized carbons (Fsp3) is 0.412. The minimum atomic E-state index is -0.338. The maximum absolute atomic E-state index is 12.3. The maximum atomic E-state index is 12.3. The standard InChI is InChI=1S/C17H21Cl2N3OS/c1-3-17(4-2,10-20)22-15(23)8-12-9-24-16(21-12)13-6-5-11(18)7-14(13)19/h5-7,9H,3-4,8,10,20H2,1-2H3,(H,22,23). The Balaban J connectivity index is 2.10. The summed E-state index contributed by atoms with van der Waals surface area (Å²) in [6, 6.07) is 5.29. The molecular formula is C17H21Cl2N3OS. The molecule has 2 aromatic rings. The first-order valence-corrected chi connectivity index (χ1v) is 9.47. The van der Waals surface area contributed by atoms with Crippen LogP contribution >= 0.6 is 34.5 Å². The summed E-state index contributed by atoms with van der Waals surface area (Å²) in [4.78, 5) is 16.8. The molecule has 130 valence electrons. The van der Waals surface area contributed by atoms with Gasteiger partial charge < -0.3 is 11.1 Å². The minimum absolute atomic E-state index is 0.0665. The SMILES string of the molecule is CCC(CC)(CN)NC(=O)Cc1csc(-c2ccc(Cl)cc2Cl)n1. The molecule has 0 unspecified atom stereocenters. The van der Waals surface area contributed by atoms with Crippen molar-refractivity contribution in [2.45, 2.75) is 38.6 Å². The van der Waals surface area contributed by atoms with Gasteiger partial charge in [-0.15, -0.1) is 11.3 Å². The quantitative estimate of drug-likeness (QED) is 0.746. The molecule has 0 aliphatic rings. The Morgan fingerprint density at radius 3 is 2.62 bits per heavy atom. The van der Waals surface area contributed by atoms with E-state index in [0.717, 1.165) is 29.1 Å². The number of aromatic nitrogens is 1. The topological polar surface area (TPSA) is 68.0 Å². The van der Waals surface area contributed by atoms with Crippen LogP contribution in [-0.2, 0) is 11.2 Å². The van der Waals surface area contributed by atoms with Crippen molar-refractivity contribution < 1.29 is 4.79 Å². The zero-order valence-corrected chi connectivity index (χ0v) is 16.1. The Hall–Kier alpha value is -1.14. The summed E-state index contributed by atoms with van der Waals surface area (Å²) < 4.78 is 0. The number of amides is 1. The van der Waals surface area contributed by atoms with E-state index in [4.69, 9.17) is 28.9 Å². The lowest BCUT2D eigenvalue weighted by atomic mass is 9.92. The molecule has 0 spiro atoms. The Kier molecular flexibility index (Phi) is 6.63. The molecule has 7 heteroatoms. The molecule has 24 heavy (non-hydrogen) atoms. The van der Waals surface area contributed by atoms with E-state index in [-0.39, 0.29) is 17.9 Å². The third-order valence-corrected chi connectivity index (χ3v) is 5.68. The molecule has 0 aliphatic heterocycles. The average Bonchev–Trinajstić information content (AvgIpc) is 3.00. The summed E-state index contributed by atoms with van der Waals surface area (Å²) in [6.45, 7) is 4.48. The molecule has 4 nitrogen and oxygen atoms in total. The molecule has 2 rings (SSSR count). The lowest BCUT2D eigenvalue weighted by Crippen LogP contribution is -2.53. The van der Waals surface area contributed by atoms with E-state index in [9.17, 15) is 4.79 Å². The fourth-order valence-corrected chi connectivity index (χ4v) is 3.86. The number of carbonyl (C=O) groups is 1. The fourth-order valence-electron chi connectivity index (χ4n) is 2.45. The first kappa shape index (κ1) is 19.2. The zero-order valence-electron chi connectivity index (χ0n) is 13.7. The van der Waals surface area contributed by atoms with Crippen molar-refractivity contribution in [3.05, 3.63) is 39.3 Å². The molecule has 1 amide bonds. The van der Waals surface area contributed by atoms with Gasteiger partial charge in [0, 0.05) is 22.5 Å². The number of benzene rings is 1.